The molecule has 0 aliphatic rings. The number of halogens is 2. The molecular formula is C17H15I2N3O3S2. The van der Waals surface area contributed by atoms with Crippen LogP contribution in [-0.4, -0.2) is 12.0 Å². The van der Waals surface area contributed by atoms with E-state index in [4.69, 9.17) is 4.74 Å². The van der Waals surface area contributed by atoms with Crippen molar-refractivity contribution < 1.29 is 9.66 Å². The molecule has 0 unspecified atom stereocenters. The van der Waals surface area contributed by atoms with Gasteiger partial charge >= 0.3 is 0 Å². The highest BCUT2D eigenvalue weighted by Gasteiger charge is 2.18. The lowest BCUT2D eigenvalue weighted by Crippen LogP contribution is -1.99. The fourth-order valence-electron chi connectivity index (χ4n) is 2.38. The molecule has 0 saturated heterocycles. The Kier molecular flexibility index (Phi) is 8.57. The van der Waals surface area contributed by atoms with Crippen LogP contribution in [0.3, 0.4) is 0 Å². The van der Waals surface area contributed by atoms with Crippen molar-refractivity contribution in [3.63, 3.8) is 0 Å². The Morgan fingerprint density at radius 1 is 1.04 bits per heavy atom. The predicted molar refractivity (Wildman–Crippen MR) is 135 cm³/mol. The minimum atomic E-state index is -0.425. The van der Waals surface area contributed by atoms with E-state index in [1.54, 1.807) is 13.2 Å². The second-order valence-corrected chi connectivity index (χ2v) is 8.57. The van der Waals surface area contributed by atoms with Gasteiger partial charge in [-0.05, 0) is 35.4 Å². The highest BCUT2D eigenvalue weighted by molar-refractivity contribution is 14.2. The molecule has 2 N–H and O–H groups in total. The Hall–Kier alpha value is -1.12. The van der Waals surface area contributed by atoms with E-state index in [-0.39, 0.29) is 5.69 Å². The minimum absolute atomic E-state index is 0.00485. The Bertz CT molecular complexity index is 894. The first kappa shape index (κ1) is 22.2. The van der Waals surface area contributed by atoms with Gasteiger partial charge in [-0.15, -0.1) is 0 Å². The van der Waals surface area contributed by atoms with Crippen molar-refractivity contribution in [3.05, 3.63) is 70.8 Å². The Balaban J connectivity index is 2.52. The van der Waals surface area contributed by atoms with Gasteiger partial charge in [0.05, 0.1) is 23.4 Å². The van der Waals surface area contributed by atoms with Crippen molar-refractivity contribution in [2.24, 2.45) is 0 Å². The summed E-state index contributed by atoms with van der Waals surface area (Å²) in [6.07, 6.45) is 0. The predicted octanol–water partition coefficient (Wildman–Crippen LogP) is 7.15. The molecular weight excluding hydrogens is 612 g/mol. The van der Waals surface area contributed by atoms with Gasteiger partial charge in [-0.25, -0.2) is 0 Å². The highest BCUT2D eigenvalue weighted by Crippen LogP contribution is 2.40. The molecule has 0 aliphatic heterocycles. The lowest BCUT2D eigenvalue weighted by molar-refractivity contribution is -0.384. The molecule has 6 nitrogen and oxygen atoms in total. The van der Waals surface area contributed by atoms with E-state index in [2.05, 4.69) is 65.0 Å². The number of non-ortho nitro benzene ring substituents is 1. The smallest absolute Gasteiger partial charge is 0.270 e. The zero-order chi connectivity index (χ0) is 20.0. The van der Waals surface area contributed by atoms with Crippen molar-refractivity contribution in [2.45, 2.75) is 0 Å². The molecule has 0 heterocycles. The number of methoxy groups -OCH3 is 1. The number of allylic oxidation sites excluding steroid dienone is 2. The van der Waals surface area contributed by atoms with E-state index in [1.807, 2.05) is 18.2 Å². The van der Waals surface area contributed by atoms with Crippen molar-refractivity contribution in [3.8, 4) is 5.75 Å². The maximum Gasteiger partial charge on any atom is 0.270 e. The zero-order valence-electron chi connectivity index (χ0n) is 14.1. The zero-order valence-corrected chi connectivity index (χ0v) is 20.1. The van der Waals surface area contributed by atoms with Crippen LogP contribution in [0.4, 0.5) is 17.1 Å². The van der Waals surface area contributed by atoms with Gasteiger partial charge in [-0.3, -0.25) is 10.1 Å². The molecule has 0 atom stereocenters. The molecule has 0 radical (unpaired) electrons. The topological polar surface area (TPSA) is 76.4 Å². The fraction of sp³-hybridized carbons (Fsp3) is 0.0588. The molecule has 2 aromatic carbocycles. The number of nitrogens with zero attached hydrogens (tertiary/aromatic N) is 1. The summed E-state index contributed by atoms with van der Waals surface area (Å²) in [6.45, 7) is 8.33. The van der Waals surface area contributed by atoms with E-state index >= 15 is 0 Å². The molecule has 0 spiro atoms. The largest absolute Gasteiger partial charge is 0.497 e. The number of nitrogens with one attached hydrogen (secondary N) is 2. The molecule has 0 amide bonds. The maximum absolute atomic E-state index is 11.2. The van der Waals surface area contributed by atoms with Crippen LogP contribution < -0.4 is 14.2 Å². The lowest BCUT2D eigenvalue weighted by Gasteiger charge is -2.17. The number of nitro benzene ring substituents is 1. The lowest BCUT2D eigenvalue weighted by atomic mass is 9.92. The minimum Gasteiger partial charge on any atom is -0.497 e. The molecule has 2 aromatic rings. The maximum atomic E-state index is 11.2. The Morgan fingerprint density at radius 3 is 2.04 bits per heavy atom. The molecule has 27 heavy (non-hydrogen) atoms. The van der Waals surface area contributed by atoms with Gasteiger partial charge in [0.25, 0.3) is 5.69 Å². The first-order chi connectivity index (χ1) is 12.9. The third kappa shape index (κ3) is 5.45. The summed E-state index contributed by atoms with van der Waals surface area (Å²) in [4.78, 5) is 10.8. The average Bonchev–Trinajstić information content (AvgIpc) is 2.67. The van der Waals surface area contributed by atoms with Crippen molar-refractivity contribution in [1.82, 2.24) is 0 Å². The summed E-state index contributed by atoms with van der Waals surface area (Å²) in [7, 11) is 4.39. The molecule has 0 aromatic heterocycles. The number of rotatable bonds is 9. The van der Waals surface area contributed by atoms with E-state index in [0.717, 1.165) is 16.9 Å². The first-order valence-corrected chi connectivity index (χ1v) is 14.1. The average molecular weight is 627 g/mol. The van der Waals surface area contributed by atoms with Gasteiger partial charge < -0.3 is 14.2 Å². The molecule has 142 valence electrons. The number of ether oxygens (including phenoxy) is 1. The van der Waals surface area contributed by atoms with Crippen LogP contribution in [0.1, 0.15) is 11.1 Å². The molecule has 2 rings (SSSR count). The summed E-state index contributed by atoms with van der Waals surface area (Å²) < 4.78 is 11.6. The normalized spacial score (nSPS) is 10.2. The van der Waals surface area contributed by atoms with Crippen LogP contribution >= 0.6 is 60.6 Å². The summed E-state index contributed by atoms with van der Waals surface area (Å²) in [5.74, 6) is 0.683. The van der Waals surface area contributed by atoms with Gasteiger partial charge in [-0.1, -0.05) is 13.2 Å². The van der Waals surface area contributed by atoms with Crippen molar-refractivity contribution in [1.29, 1.82) is 0 Å². The van der Waals surface area contributed by atoms with Gasteiger partial charge in [0.1, 0.15) is 5.75 Å². The summed E-state index contributed by atoms with van der Waals surface area (Å²) in [5, 5.41) is 11.2. The van der Waals surface area contributed by atoms with Crippen LogP contribution in [0, 0.1) is 10.1 Å². The van der Waals surface area contributed by atoms with Gasteiger partial charge in [0.15, 0.2) is 0 Å². The van der Waals surface area contributed by atoms with Gasteiger partial charge in [0.2, 0.25) is 0 Å². The van der Waals surface area contributed by atoms with E-state index in [0.29, 0.717) is 22.5 Å². The van der Waals surface area contributed by atoms with E-state index in [1.165, 1.54) is 30.4 Å². The summed E-state index contributed by atoms with van der Waals surface area (Å²) in [6, 6.07) is 10.2. The Morgan fingerprint density at radius 2 is 1.56 bits per heavy atom. The number of nitro groups is 1. The Labute approximate surface area is 190 Å². The number of anilines is 2. The molecule has 0 saturated carbocycles. The first-order valence-electron chi connectivity index (χ1n) is 7.35. The summed E-state index contributed by atoms with van der Waals surface area (Å²) >= 11 is 4.24. The van der Waals surface area contributed by atoms with Gasteiger partial charge in [-0.2, -0.15) is 0 Å². The van der Waals surface area contributed by atoms with E-state index in [9.17, 15) is 10.1 Å². The van der Waals surface area contributed by atoms with E-state index < -0.39 is 4.92 Å². The molecule has 0 fully saturated rings. The summed E-state index contributed by atoms with van der Waals surface area (Å²) in [5.41, 5.74) is 4.23. The van der Waals surface area contributed by atoms with Crippen molar-refractivity contribution in [2.75, 3.05) is 16.6 Å². The van der Waals surface area contributed by atoms with Crippen LogP contribution in [0.25, 0.3) is 11.1 Å². The number of hydrogen-bond donors (Lipinski definition) is 2. The second kappa shape index (κ2) is 10.4. The van der Waals surface area contributed by atoms with Crippen LogP contribution in [0.2, 0.25) is 0 Å². The number of benzene rings is 2. The molecule has 0 aliphatic carbocycles. The third-order valence-electron chi connectivity index (χ3n) is 3.75. The number of hydrogen-bond acceptors (Lipinski definition) is 7. The highest BCUT2D eigenvalue weighted by atomic mass is 127. The van der Waals surface area contributed by atoms with Gasteiger partial charge in [0, 0.05) is 83.9 Å². The third-order valence-corrected chi connectivity index (χ3v) is 5.67. The van der Waals surface area contributed by atoms with Crippen LogP contribution in [-0.2, 0) is 0 Å². The van der Waals surface area contributed by atoms with Crippen molar-refractivity contribution >= 4 is 88.9 Å². The van der Waals surface area contributed by atoms with Crippen LogP contribution in [0.5, 0.6) is 5.75 Å². The quantitative estimate of drug-likeness (QED) is 0.101. The second-order valence-electron chi connectivity index (χ2n) is 5.21. The fourth-order valence-corrected chi connectivity index (χ4v) is 4.33. The SMILES string of the molecule is C=C(C(=C)c1cc([N+](=O)[O-])ccc1NSI)c1cc(OC)ccc1NSI. The monoisotopic (exact) mass is 627 g/mol. The molecule has 10 heteroatoms. The standard InChI is InChI=1S/C17H15I2N3O3S2/c1-10(14-8-12(22(23)24)4-6-16(14)20-26-18)11(2)15-9-13(25-3)5-7-17(15)21-27-19/h4-9,20-21H,1-2H2,3H3. The molecule has 0 bridgehead atoms. The van der Waals surface area contributed by atoms with Crippen LogP contribution in [0.15, 0.2) is 49.6 Å².